The second kappa shape index (κ2) is 10.3. The number of carbonyl (C=O) groups excluding carboxylic acids is 2. The molecule has 178 valence electrons. The molecule has 1 unspecified atom stereocenters. The molecule has 0 fully saturated rings. The van der Waals surface area contributed by atoms with Gasteiger partial charge < -0.3 is 19.3 Å². The van der Waals surface area contributed by atoms with E-state index in [-0.39, 0.29) is 39.4 Å². The number of nitrogens with one attached hydrogen (secondary N) is 3. The number of sulfonamides is 1. The summed E-state index contributed by atoms with van der Waals surface area (Å²) < 4.78 is 51.3. The number of rotatable bonds is 8. The van der Waals surface area contributed by atoms with Crippen LogP contribution >= 0.6 is 0 Å². The summed E-state index contributed by atoms with van der Waals surface area (Å²) in [4.78, 5) is 32.9. The molecule has 0 aliphatic heterocycles. The summed E-state index contributed by atoms with van der Waals surface area (Å²) in [5.74, 6) is -1.34. The van der Waals surface area contributed by atoms with Crippen molar-refractivity contribution in [3.8, 4) is 5.88 Å². The summed E-state index contributed by atoms with van der Waals surface area (Å²) in [5.41, 5.74) is 0.591. The van der Waals surface area contributed by atoms with Crippen LogP contribution in [0.3, 0.4) is 0 Å². The number of amides is 2. The Bertz CT molecular complexity index is 1350. The Balaban J connectivity index is 1.75. The Morgan fingerprint density at radius 3 is 2.06 bits per heavy atom. The normalized spacial score (nSPS) is 11.9. The number of carbonyl (C=O) groups is 2. The first-order valence-corrected chi connectivity index (χ1v) is 11.8. The lowest BCUT2D eigenvalue weighted by Gasteiger charge is -2.11. The van der Waals surface area contributed by atoms with Crippen LogP contribution in [0.2, 0.25) is 0 Å². The van der Waals surface area contributed by atoms with Gasteiger partial charge in [-0.2, -0.15) is 9.97 Å². The van der Waals surface area contributed by atoms with Crippen molar-refractivity contribution < 1.29 is 31.5 Å². The van der Waals surface area contributed by atoms with Gasteiger partial charge in [-0.05, 0) is 48.5 Å². The molecule has 15 heteroatoms. The van der Waals surface area contributed by atoms with Gasteiger partial charge >= 0.3 is 0 Å². The first-order chi connectivity index (χ1) is 16.0. The van der Waals surface area contributed by atoms with Crippen molar-refractivity contribution in [1.82, 2.24) is 9.97 Å². The fraction of sp³-hybridized carbons (Fsp3) is 0.0526. The van der Waals surface area contributed by atoms with Crippen molar-refractivity contribution >= 4 is 50.6 Å². The summed E-state index contributed by atoms with van der Waals surface area (Å²) in [6, 6.07) is 11.8. The summed E-state index contributed by atoms with van der Waals surface area (Å²) in [7, 11) is -2.57. The average molecular weight is 506 g/mol. The molecule has 0 aliphatic rings. The van der Waals surface area contributed by atoms with Gasteiger partial charge in [-0.15, -0.1) is 0 Å². The van der Waals surface area contributed by atoms with Gasteiger partial charge in [0, 0.05) is 34.1 Å². The summed E-state index contributed by atoms with van der Waals surface area (Å²) in [5, 5.41) is 10.00. The highest BCUT2D eigenvalue weighted by Gasteiger charge is 2.14. The van der Waals surface area contributed by atoms with Gasteiger partial charge in [-0.3, -0.25) is 19.1 Å². The minimum Gasteiger partial charge on any atom is -0.755 e. The smallest absolute Gasteiger partial charge is 0.258 e. The van der Waals surface area contributed by atoms with E-state index in [0.717, 1.165) is 0 Å². The Kier molecular flexibility index (Phi) is 7.52. The topological polar surface area (TPSA) is 206 Å². The fourth-order valence-corrected chi connectivity index (χ4v) is 3.44. The van der Waals surface area contributed by atoms with Crippen LogP contribution in [0.25, 0.3) is 0 Å². The molecule has 2 aromatic carbocycles. The number of anilines is 3. The molecule has 1 atom stereocenters. The molecule has 0 aliphatic carbocycles. The molecule has 1 aromatic heterocycles. The van der Waals surface area contributed by atoms with Gasteiger partial charge in [-0.25, -0.2) is 13.6 Å². The summed E-state index contributed by atoms with van der Waals surface area (Å²) in [6.07, 6.45) is 0. The maximum absolute atomic E-state index is 12.5. The molecule has 0 saturated heterocycles. The van der Waals surface area contributed by atoms with Crippen LogP contribution < -0.4 is 25.2 Å². The minimum absolute atomic E-state index is 0.0135. The highest BCUT2D eigenvalue weighted by atomic mass is 32.2. The SMILES string of the molecule is COc1cc(NC(=O)c2ccc(NS(=O)[O-])cc2)nc(NC(=O)c2ccc(S(N)(=O)=O)cc2)n1. The van der Waals surface area contributed by atoms with Gasteiger partial charge in [-0.1, -0.05) is 0 Å². The number of hydrogen-bond donors (Lipinski definition) is 4. The van der Waals surface area contributed by atoms with E-state index in [1.54, 1.807) is 0 Å². The molecule has 0 bridgehead atoms. The predicted molar refractivity (Wildman–Crippen MR) is 121 cm³/mol. The lowest BCUT2D eigenvalue weighted by molar-refractivity contribution is 0.101. The van der Waals surface area contributed by atoms with Crippen LogP contribution in [-0.2, 0) is 21.3 Å². The summed E-state index contributed by atoms with van der Waals surface area (Å²) >= 11 is -2.49. The van der Waals surface area contributed by atoms with E-state index in [2.05, 4.69) is 25.3 Å². The number of aromatic nitrogens is 2. The van der Waals surface area contributed by atoms with E-state index < -0.39 is 33.1 Å². The van der Waals surface area contributed by atoms with E-state index in [1.807, 2.05) is 0 Å². The van der Waals surface area contributed by atoms with Crippen molar-refractivity contribution in [2.45, 2.75) is 4.90 Å². The molecule has 1 heterocycles. The van der Waals surface area contributed by atoms with Gasteiger partial charge in [0.25, 0.3) is 11.8 Å². The van der Waals surface area contributed by atoms with Gasteiger partial charge in [0.05, 0.1) is 12.0 Å². The Morgan fingerprint density at radius 1 is 0.971 bits per heavy atom. The maximum Gasteiger partial charge on any atom is 0.258 e. The molecule has 3 aromatic rings. The molecule has 13 nitrogen and oxygen atoms in total. The maximum atomic E-state index is 12.5. The lowest BCUT2D eigenvalue weighted by Crippen LogP contribution is -2.18. The number of methoxy groups -OCH3 is 1. The zero-order valence-corrected chi connectivity index (χ0v) is 19.0. The van der Waals surface area contributed by atoms with Crippen LogP contribution in [-0.4, -0.2) is 46.1 Å². The van der Waals surface area contributed by atoms with E-state index >= 15 is 0 Å². The van der Waals surface area contributed by atoms with Gasteiger partial charge in [0.2, 0.25) is 21.9 Å². The molecular weight excluding hydrogens is 488 g/mol. The van der Waals surface area contributed by atoms with Crippen molar-refractivity contribution in [2.24, 2.45) is 5.14 Å². The monoisotopic (exact) mass is 505 g/mol. The number of hydrogen-bond acceptors (Lipinski definition) is 9. The molecule has 0 radical (unpaired) electrons. The first kappa shape index (κ1) is 24.7. The lowest BCUT2D eigenvalue weighted by atomic mass is 10.2. The fourth-order valence-electron chi connectivity index (χ4n) is 2.59. The second-order valence-electron chi connectivity index (χ2n) is 6.51. The third kappa shape index (κ3) is 6.55. The number of benzene rings is 2. The summed E-state index contributed by atoms with van der Waals surface area (Å²) in [6.45, 7) is 0. The zero-order chi connectivity index (χ0) is 24.9. The van der Waals surface area contributed by atoms with Crippen LogP contribution in [0.15, 0.2) is 59.5 Å². The zero-order valence-electron chi connectivity index (χ0n) is 17.3. The quantitative estimate of drug-likeness (QED) is 0.320. The van der Waals surface area contributed by atoms with Gasteiger partial charge in [0.1, 0.15) is 5.82 Å². The molecule has 2 amide bonds. The van der Waals surface area contributed by atoms with Crippen LogP contribution in [0, 0.1) is 0 Å². The van der Waals surface area contributed by atoms with E-state index in [9.17, 15) is 26.8 Å². The molecule has 3 rings (SSSR count). The third-order valence-electron chi connectivity index (χ3n) is 4.17. The van der Waals surface area contributed by atoms with E-state index in [0.29, 0.717) is 0 Å². The molecule has 5 N–H and O–H groups in total. The Hall–Kier alpha value is -3.92. The van der Waals surface area contributed by atoms with Crippen molar-refractivity contribution in [2.75, 3.05) is 22.5 Å². The molecule has 0 spiro atoms. The van der Waals surface area contributed by atoms with Crippen molar-refractivity contribution in [3.05, 3.63) is 65.7 Å². The molecule has 34 heavy (non-hydrogen) atoms. The van der Waals surface area contributed by atoms with Crippen LogP contribution in [0.1, 0.15) is 20.7 Å². The molecular formula is C19H17N6O7S2-. The number of nitrogens with zero attached hydrogens (tertiary/aromatic N) is 2. The number of ether oxygens (including phenoxy) is 1. The van der Waals surface area contributed by atoms with Crippen LogP contribution in [0.4, 0.5) is 17.5 Å². The second-order valence-corrected chi connectivity index (χ2v) is 8.75. The van der Waals surface area contributed by atoms with Crippen molar-refractivity contribution in [1.29, 1.82) is 0 Å². The standard InChI is InChI=1S/C19H18N6O7S2/c1-32-16-10-15(21-17(26)11-2-6-13(7-3-11)25-33(28)29)22-19(23-16)24-18(27)12-4-8-14(9-5-12)34(20,30)31/h2-10,25H,1H3,(H,28,29)(H2,20,30,31)(H2,21,22,23,24,26,27)/p-1. The predicted octanol–water partition coefficient (Wildman–Crippen LogP) is 0.843. The average Bonchev–Trinajstić information content (AvgIpc) is 2.78. The van der Waals surface area contributed by atoms with E-state index in [1.165, 1.54) is 61.7 Å². The molecule has 0 saturated carbocycles. The number of primary sulfonamides is 1. The highest BCUT2D eigenvalue weighted by molar-refractivity contribution is 7.89. The van der Waals surface area contributed by atoms with Crippen molar-refractivity contribution in [3.63, 3.8) is 0 Å². The number of nitrogens with two attached hydrogens (primary N) is 1. The van der Waals surface area contributed by atoms with Crippen LogP contribution in [0.5, 0.6) is 5.88 Å². The van der Waals surface area contributed by atoms with Gasteiger partial charge in [0.15, 0.2) is 0 Å². The first-order valence-electron chi connectivity index (χ1n) is 9.20. The van der Waals surface area contributed by atoms with E-state index in [4.69, 9.17) is 9.88 Å². The Labute approximate surface area is 196 Å². The highest BCUT2D eigenvalue weighted by Crippen LogP contribution is 2.18. The third-order valence-corrected chi connectivity index (χ3v) is 5.50. The minimum atomic E-state index is -3.91. The largest absolute Gasteiger partial charge is 0.755 e. The Morgan fingerprint density at radius 2 is 1.53 bits per heavy atom.